The highest BCUT2D eigenvalue weighted by Crippen LogP contribution is 2.34. The van der Waals surface area contributed by atoms with Gasteiger partial charge in [-0.15, -0.1) is 6.42 Å². The highest BCUT2D eigenvalue weighted by molar-refractivity contribution is 5.65. The van der Waals surface area contributed by atoms with Crippen molar-refractivity contribution in [2.75, 3.05) is 19.8 Å². The molecule has 3 aromatic carbocycles. The van der Waals surface area contributed by atoms with Crippen LogP contribution in [0.15, 0.2) is 91.0 Å². The lowest BCUT2D eigenvalue weighted by molar-refractivity contribution is 0.0242. The molecule has 36 heavy (non-hydrogen) atoms. The molecular weight excluding hydrogens is 450 g/mol. The van der Waals surface area contributed by atoms with Crippen LogP contribution in [-0.4, -0.2) is 45.6 Å². The van der Waals surface area contributed by atoms with Gasteiger partial charge in [-0.05, 0) is 17.7 Å². The van der Waals surface area contributed by atoms with Gasteiger partial charge in [0.25, 0.3) is 0 Å². The van der Waals surface area contributed by atoms with E-state index in [1.807, 2.05) is 85.9 Å². The van der Waals surface area contributed by atoms with E-state index in [9.17, 15) is 5.11 Å². The summed E-state index contributed by atoms with van der Waals surface area (Å²) in [6, 6.07) is 30.0. The second-order valence-corrected chi connectivity index (χ2v) is 8.57. The van der Waals surface area contributed by atoms with Crippen LogP contribution < -0.4 is 4.74 Å². The molecule has 0 aliphatic rings. The van der Waals surface area contributed by atoms with Crippen molar-refractivity contribution < 1.29 is 14.6 Å². The smallest absolute Gasteiger partial charge is 0.222 e. The second-order valence-electron chi connectivity index (χ2n) is 8.57. The van der Waals surface area contributed by atoms with Gasteiger partial charge in [0.1, 0.15) is 18.1 Å². The predicted molar refractivity (Wildman–Crippen MR) is 141 cm³/mol. The van der Waals surface area contributed by atoms with Gasteiger partial charge < -0.3 is 14.6 Å². The lowest BCUT2D eigenvalue weighted by Gasteiger charge is -2.25. The van der Waals surface area contributed by atoms with E-state index in [0.717, 1.165) is 28.1 Å². The molecule has 0 aliphatic carbocycles. The number of terminal acetylenes is 1. The lowest BCUT2D eigenvalue weighted by Crippen LogP contribution is -2.34. The van der Waals surface area contributed by atoms with E-state index < -0.39 is 6.10 Å². The number of aliphatic hydroxyl groups is 1. The molecule has 0 spiro atoms. The Balaban J connectivity index is 1.68. The Morgan fingerprint density at radius 2 is 1.58 bits per heavy atom. The Hall–Kier alpha value is -3.89. The molecule has 1 atom stereocenters. The van der Waals surface area contributed by atoms with Crippen LogP contribution in [0.4, 0.5) is 0 Å². The molecule has 6 heteroatoms. The molecule has 0 saturated carbocycles. The van der Waals surface area contributed by atoms with Gasteiger partial charge in [0.2, 0.25) is 5.88 Å². The maximum Gasteiger partial charge on any atom is 0.222 e. The molecule has 1 N–H and O–H groups in total. The zero-order valence-electron chi connectivity index (χ0n) is 20.5. The van der Waals surface area contributed by atoms with Crippen molar-refractivity contribution in [3.8, 4) is 35.2 Å². The lowest BCUT2D eigenvalue weighted by atomic mass is 10.1. The molecule has 0 radical (unpaired) electrons. The van der Waals surface area contributed by atoms with Crippen molar-refractivity contribution in [1.82, 2.24) is 14.7 Å². The standard InChI is InChI=1S/C30H31N3O3/c1-3-19-35-23-26(34)21-33(20-24-13-7-4-8-14-24)22-28-29(25-15-9-5-10-16-25)31-32(2)30(28)36-27-17-11-6-12-18-27/h1,4-18,26,34H,19-23H2,2H3/t26-/m1/s1. The minimum absolute atomic E-state index is 0.168. The number of aliphatic hydroxyl groups excluding tert-OH is 1. The van der Waals surface area contributed by atoms with Gasteiger partial charge in [0, 0.05) is 32.2 Å². The first-order valence-corrected chi connectivity index (χ1v) is 11.9. The summed E-state index contributed by atoms with van der Waals surface area (Å²) in [6.45, 7) is 1.89. The number of hydrogen-bond acceptors (Lipinski definition) is 5. The number of benzene rings is 3. The molecule has 1 aromatic heterocycles. The Kier molecular flexibility index (Phi) is 8.90. The number of hydrogen-bond donors (Lipinski definition) is 1. The Bertz CT molecular complexity index is 1250. The van der Waals surface area contributed by atoms with E-state index in [4.69, 9.17) is 21.0 Å². The van der Waals surface area contributed by atoms with Crippen LogP contribution in [0.25, 0.3) is 11.3 Å². The molecule has 4 rings (SSSR count). The molecule has 0 saturated heterocycles. The van der Waals surface area contributed by atoms with Gasteiger partial charge in [-0.25, -0.2) is 4.68 Å². The summed E-state index contributed by atoms with van der Waals surface area (Å²) >= 11 is 0. The van der Waals surface area contributed by atoms with Crippen LogP contribution in [0.3, 0.4) is 0 Å². The number of aromatic nitrogens is 2. The zero-order chi connectivity index (χ0) is 25.2. The van der Waals surface area contributed by atoms with Crippen molar-refractivity contribution in [1.29, 1.82) is 0 Å². The van der Waals surface area contributed by atoms with Gasteiger partial charge in [0.15, 0.2) is 0 Å². The average Bonchev–Trinajstić information content (AvgIpc) is 3.20. The van der Waals surface area contributed by atoms with Crippen LogP contribution in [0.5, 0.6) is 11.6 Å². The van der Waals surface area contributed by atoms with Crippen LogP contribution in [0.2, 0.25) is 0 Å². The van der Waals surface area contributed by atoms with E-state index in [-0.39, 0.29) is 13.2 Å². The Morgan fingerprint density at radius 3 is 2.25 bits per heavy atom. The van der Waals surface area contributed by atoms with Crippen molar-refractivity contribution in [3.05, 3.63) is 102 Å². The van der Waals surface area contributed by atoms with Crippen molar-refractivity contribution in [2.24, 2.45) is 7.05 Å². The number of para-hydroxylation sites is 1. The molecule has 0 bridgehead atoms. The summed E-state index contributed by atoms with van der Waals surface area (Å²) < 4.78 is 13.5. The van der Waals surface area contributed by atoms with Crippen molar-refractivity contribution in [2.45, 2.75) is 19.2 Å². The molecule has 0 unspecified atom stereocenters. The second kappa shape index (κ2) is 12.7. The minimum Gasteiger partial charge on any atom is -0.439 e. The normalized spacial score (nSPS) is 11.8. The highest BCUT2D eigenvalue weighted by Gasteiger charge is 2.23. The summed E-state index contributed by atoms with van der Waals surface area (Å²) in [7, 11) is 1.89. The molecule has 184 valence electrons. The molecule has 0 fully saturated rings. The Labute approximate surface area is 212 Å². The first-order chi connectivity index (χ1) is 17.6. The van der Waals surface area contributed by atoms with Crippen LogP contribution in [0.1, 0.15) is 11.1 Å². The van der Waals surface area contributed by atoms with E-state index in [0.29, 0.717) is 25.5 Å². The Morgan fingerprint density at radius 1 is 0.944 bits per heavy atom. The van der Waals surface area contributed by atoms with E-state index >= 15 is 0 Å². The van der Waals surface area contributed by atoms with Gasteiger partial charge in [-0.2, -0.15) is 5.10 Å². The van der Waals surface area contributed by atoms with E-state index in [1.165, 1.54) is 0 Å². The van der Waals surface area contributed by atoms with E-state index in [2.05, 4.69) is 23.0 Å². The maximum absolute atomic E-state index is 10.7. The topological polar surface area (TPSA) is 59.8 Å². The highest BCUT2D eigenvalue weighted by atomic mass is 16.5. The fourth-order valence-corrected chi connectivity index (χ4v) is 4.11. The summed E-state index contributed by atoms with van der Waals surface area (Å²) in [5.74, 6) is 3.84. The average molecular weight is 482 g/mol. The summed E-state index contributed by atoms with van der Waals surface area (Å²) in [4.78, 5) is 2.18. The maximum atomic E-state index is 10.7. The van der Waals surface area contributed by atoms with Crippen LogP contribution in [-0.2, 0) is 24.9 Å². The molecule has 0 amide bonds. The predicted octanol–water partition coefficient (Wildman–Crippen LogP) is 4.89. The molecule has 4 aromatic rings. The largest absolute Gasteiger partial charge is 0.439 e. The minimum atomic E-state index is -0.697. The van der Waals surface area contributed by atoms with Crippen molar-refractivity contribution >= 4 is 0 Å². The molecule has 6 nitrogen and oxygen atoms in total. The monoisotopic (exact) mass is 481 g/mol. The fourth-order valence-electron chi connectivity index (χ4n) is 4.11. The number of nitrogens with zero attached hydrogens (tertiary/aromatic N) is 3. The summed E-state index contributed by atoms with van der Waals surface area (Å²) in [5.41, 5.74) is 3.94. The first-order valence-electron chi connectivity index (χ1n) is 11.9. The third-order valence-corrected chi connectivity index (χ3v) is 5.69. The van der Waals surface area contributed by atoms with Gasteiger partial charge >= 0.3 is 0 Å². The first kappa shape index (κ1) is 25.2. The van der Waals surface area contributed by atoms with Crippen LogP contribution in [0, 0.1) is 12.3 Å². The summed E-state index contributed by atoms with van der Waals surface area (Å²) in [5, 5.41) is 15.5. The fraction of sp³-hybridized carbons (Fsp3) is 0.233. The van der Waals surface area contributed by atoms with E-state index in [1.54, 1.807) is 4.68 Å². The van der Waals surface area contributed by atoms with Gasteiger partial charge in [0.05, 0.1) is 18.3 Å². The quantitative estimate of drug-likeness (QED) is 0.231. The van der Waals surface area contributed by atoms with Gasteiger partial charge in [-0.3, -0.25) is 4.90 Å². The van der Waals surface area contributed by atoms with Crippen molar-refractivity contribution in [3.63, 3.8) is 0 Å². The summed E-state index contributed by atoms with van der Waals surface area (Å²) in [6.07, 6.45) is 4.59. The zero-order valence-corrected chi connectivity index (χ0v) is 20.5. The molecule has 0 aliphatic heterocycles. The third kappa shape index (κ3) is 6.83. The molecule has 1 heterocycles. The number of rotatable bonds is 12. The molecular formula is C30H31N3O3. The SMILES string of the molecule is C#CCOC[C@H](O)CN(Cc1ccccc1)Cc1c(-c2ccccc2)nn(C)c1Oc1ccccc1. The third-order valence-electron chi connectivity index (χ3n) is 5.69. The number of aryl methyl sites for hydroxylation is 1. The number of ether oxygens (including phenoxy) is 2. The van der Waals surface area contributed by atoms with Crippen LogP contribution >= 0.6 is 0 Å². The van der Waals surface area contributed by atoms with Gasteiger partial charge in [-0.1, -0.05) is 84.8 Å².